The Labute approximate surface area is 150 Å². The van der Waals surface area contributed by atoms with Gasteiger partial charge in [-0.05, 0) is 43.2 Å². The Morgan fingerprint density at radius 2 is 1.88 bits per heavy atom. The van der Waals surface area contributed by atoms with Crippen molar-refractivity contribution in [1.82, 2.24) is 15.8 Å². The van der Waals surface area contributed by atoms with E-state index in [-0.39, 0.29) is 24.5 Å². The number of hydrazine groups is 1. The Kier molecular flexibility index (Phi) is 4.83. The third-order valence-electron chi connectivity index (χ3n) is 4.02. The number of benzene rings is 1. The number of hydrogen-bond donors (Lipinski definition) is 3. The summed E-state index contributed by atoms with van der Waals surface area (Å²) in [6.07, 6.45) is 1.99. The zero-order valence-corrected chi connectivity index (χ0v) is 14.5. The highest BCUT2D eigenvalue weighted by atomic mass is 16.2. The van der Waals surface area contributed by atoms with Crippen LogP contribution in [-0.4, -0.2) is 28.4 Å². The van der Waals surface area contributed by atoms with Crippen molar-refractivity contribution >= 4 is 29.1 Å². The lowest BCUT2D eigenvalue weighted by Gasteiger charge is -2.24. The predicted molar refractivity (Wildman–Crippen MR) is 96.5 cm³/mol. The number of rotatable bonds is 3. The number of anilines is 1. The number of aromatic nitrogens is 1. The summed E-state index contributed by atoms with van der Waals surface area (Å²) in [4.78, 5) is 39.2. The predicted octanol–water partition coefficient (Wildman–Crippen LogP) is 1.58. The monoisotopic (exact) mass is 353 g/mol. The Balaban J connectivity index is 1.74. The molecule has 1 aromatic heterocycles. The van der Waals surface area contributed by atoms with Gasteiger partial charge in [-0.25, -0.2) is 5.01 Å². The molecule has 3 amide bonds. The van der Waals surface area contributed by atoms with Crippen molar-refractivity contribution < 1.29 is 14.4 Å². The summed E-state index contributed by atoms with van der Waals surface area (Å²) in [5.74, 6) is -1.19. The van der Waals surface area contributed by atoms with Crippen molar-refractivity contribution in [2.45, 2.75) is 26.7 Å². The second-order valence-electron chi connectivity index (χ2n) is 6.03. The molecule has 1 aliphatic rings. The summed E-state index contributed by atoms with van der Waals surface area (Å²) in [5, 5.41) is 5.46. The molecule has 0 radical (unpaired) electrons. The lowest BCUT2D eigenvalue weighted by Crippen LogP contribution is -2.47. The largest absolute Gasteiger partial charge is 0.357 e. The maximum Gasteiger partial charge on any atom is 0.286 e. The molecule has 3 rings (SSSR count). The van der Waals surface area contributed by atoms with Crippen molar-refractivity contribution in [3.8, 4) is 0 Å². The number of carbonyl (C=O) groups is 3. The second kappa shape index (κ2) is 7.22. The van der Waals surface area contributed by atoms with Gasteiger partial charge < -0.3 is 4.98 Å². The van der Waals surface area contributed by atoms with Crippen molar-refractivity contribution in [3.05, 3.63) is 53.3 Å². The van der Waals surface area contributed by atoms with Crippen LogP contribution < -0.4 is 15.9 Å². The molecule has 0 fully saturated rings. The molecule has 0 saturated carbocycles. The lowest BCUT2D eigenvalue weighted by atomic mass is 10.1. The first-order chi connectivity index (χ1) is 12.5. The van der Waals surface area contributed by atoms with Crippen molar-refractivity contribution in [1.29, 1.82) is 0 Å². The van der Waals surface area contributed by atoms with Crippen molar-refractivity contribution in [2.24, 2.45) is 5.10 Å². The molecule has 0 unspecified atom stereocenters. The van der Waals surface area contributed by atoms with Crippen LogP contribution in [0.25, 0.3) is 0 Å². The van der Waals surface area contributed by atoms with Crippen LogP contribution in [0.2, 0.25) is 0 Å². The van der Waals surface area contributed by atoms with E-state index < -0.39 is 11.8 Å². The minimum atomic E-state index is -0.548. The summed E-state index contributed by atoms with van der Waals surface area (Å²) in [7, 11) is 0. The number of nitrogens with one attached hydrogen (secondary N) is 3. The lowest BCUT2D eigenvalue weighted by molar-refractivity contribution is -0.119. The standard InChI is InChI=1S/C18H19N5O3/c1-11-5-6-12(2)15(10-11)23-16(24)8-7-14(22-23)18(26)21-20-17(25)13-4-3-9-19-13/h3-6,9-10,19H,7-8H2,1-2H3,(H,20,25)(H,21,26). The Bertz CT molecular complexity index is 886. The van der Waals surface area contributed by atoms with E-state index in [9.17, 15) is 14.4 Å². The molecule has 0 spiro atoms. The van der Waals surface area contributed by atoms with Crippen LogP contribution >= 0.6 is 0 Å². The van der Waals surface area contributed by atoms with E-state index in [0.717, 1.165) is 11.1 Å². The summed E-state index contributed by atoms with van der Waals surface area (Å²) in [6, 6.07) is 8.96. The number of hydrazone groups is 1. The van der Waals surface area contributed by atoms with E-state index in [1.807, 2.05) is 32.0 Å². The van der Waals surface area contributed by atoms with Gasteiger partial charge in [0.1, 0.15) is 11.4 Å². The van der Waals surface area contributed by atoms with Crippen LogP contribution in [0.1, 0.15) is 34.5 Å². The number of aryl methyl sites for hydroxylation is 2. The molecule has 8 heteroatoms. The maximum atomic E-state index is 12.3. The number of nitrogens with zero attached hydrogens (tertiary/aromatic N) is 2. The molecule has 0 atom stereocenters. The first kappa shape index (κ1) is 17.4. The molecule has 1 aliphatic heterocycles. The second-order valence-corrected chi connectivity index (χ2v) is 6.03. The molecule has 1 aromatic carbocycles. The topological polar surface area (TPSA) is 107 Å². The molecule has 0 saturated heterocycles. The van der Waals surface area contributed by atoms with Gasteiger partial charge in [-0.1, -0.05) is 12.1 Å². The first-order valence-corrected chi connectivity index (χ1v) is 8.17. The number of amides is 3. The fourth-order valence-corrected chi connectivity index (χ4v) is 2.58. The summed E-state index contributed by atoms with van der Waals surface area (Å²) in [5.41, 5.74) is 7.66. The molecule has 2 aromatic rings. The summed E-state index contributed by atoms with van der Waals surface area (Å²) >= 11 is 0. The highest BCUT2D eigenvalue weighted by molar-refractivity contribution is 6.40. The maximum absolute atomic E-state index is 12.3. The highest BCUT2D eigenvalue weighted by Crippen LogP contribution is 2.25. The number of carbonyl (C=O) groups excluding carboxylic acids is 3. The number of aromatic amines is 1. The molecule has 134 valence electrons. The smallest absolute Gasteiger partial charge is 0.286 e. The van der Waals surface area contributed by atoms with Gasteiger partial charge in [0.15, 0.2) is 0 Å². The van der Waals surface area contributed by atoms with Gasteiger partial charge >= 0.3 is 0 Å². The quantitative estimate of drug-likeness (QED) is 0.729. The van der Waals surface area contributed by atoms with Crippen LogP contribution in [0.5, 0.6) is 0 Å². The molecule has 0 bridgehead atoms. The van der Waals surface area contributed by atoms with Gasteiger partial charge in [-0.2, -0.15) is 5.10 Å². The minimum Gasteiger partial charge on any atom is -0.357 e. The zero-order chi connectivity index (χ0) is 18.7. The Hall–Kier alpha value is -3.42. The van der Waals surface area contributed by atoms with Crippen LogP contribution in [0.3, 0.4) is 0 Å². The number of hydrogen-bond acceptors (Lipinski definition) is 4. The van der Waals surface area contributed by atoms with Crippen LogP contribution in [-0.2, 0) is 9.59 Å². The fourth-order valence-electron chi connectivity index (χ4n) is 2.58. The third kappa shape index (κ3) is 3.64. The van der Waals surface area contributed by atoms with E-state index in [2.05, 4.69) is 20.9 Å². The fraction of sp³-hybridized carbons (Fsp3) is 0.222. The molecule has 0 aliphatic carbocycles. The van der Waals surface area contributed by atoms with Crippen LogP contribution in [0.15, 0.2) is 41.6 Å². The molecule has 26 heavy (non-hydrogen) atoms. The first-order valence-electron chi connectivity index (χ1n) is 8.17. The SMILES string of the molecule is Cc1ccc(C)c(N2N=C(C(=O)NNC(=O)c3ccc[nH]3)CCC2=O)c1. The van der Waals surface area contributed by atoms with E-state index in [0.29, 0.717) is 11.4 Å². The molecule has 8 nitrogen and oxygen atoms in total. The average molecular weight is 353 g/mol. The van der Waals surface area contributed by atoms with Gasteiger partial charge in [0.2, 0.25) is 5.91 Å². The highest BCUT2D eigenvalue weighted by Gasteiger charge is 2.26. The van der Waals surface area contributed by atoms with Crippen molar-refractivity contribution in [2.75, 3.05) is 5.01 Å². The molecular weight excluding hydrogens is 334 g/mol. The Morgan fingerprint density at radius 3 is 2.62 bits per heavy atom. The molecule has 3 N–H and O–H groups in total. The van der Waals surface area contributed by atoms with Gasteiger partial charge in [0.05, 0.1) is 5.69 Å². The van der Waals surface area contributed by atoms with E-state index in [1.54, 1.807) is 18.3 Å². The van der Waals surface area contributed by atoms with Crippen LogP contribution in [0, 0.1) is 13.8 Å². The van der Waals surface area contributed by atoms with Gasteiger partial charge in [-0.3, -0.25) is 25.2 Å². The number of H-pyrrole nitrogens is 1. The van der Waals surface area contributed by atoms with E-state index in [1.165, 1.54) is 5.01 Å². The Morgan fingerprint density at radius 1 is 1.12 bits per heavy atom. The van der Waals surface area contributed by atoms with E-state index >= 15 is 0 Å². The van der Waals surface area contributed by atoms with Crippen molar-refractivity contribution in [3.63, 3.8) is 0 Å². The average Bonchev–Trinajstić information content (AvgIpc) is 3.17. The van der Waals surface area contributed by atoms with Crippen LogP contribution in [0.4, 0.5) is 5.69 Å². The normalized spacial score (nSPS) is 14.0. The van der Waals surface area contributed by atoms with Gasteiger partial charge in [0, 0.05) is 19.0 Å². The minimum absolute atomic E-state index is 0.171. The molecular formula is C18H19N5O3. The van der Waals surface area contributed by atoms with Gasteiger partial charge in [0.25, 0.3) is 11.8 Å². The summed E-state index contributed by atoms with van der Waals surface area (Å²) in [6.45, 7) is 3.80. The van der Waals surface area contributed by atoms with Gasteiger partial charge in [-0.15, -0.1) is 0 Å². The summed E-state index contributed by atoms with van der Waals surface area (Å²) < 4.78 is 0. The molecule has 2 heterocycles. The van der Waals surface area contributed by atoms with E-state index in [4.69, 9.17) is 0 Å². The zero-order valence-electron chi connectivity index (χ0n) is 14.5. The third-order valence-corrected chi connectivity index (χ3v) is 4.02.